The van der Waals surface area contributed by atoms with E-state index in [4.69, 9.17) is 5.73 Å². The van der Waals surface area contributed by atoms with E-state index in [1.165, 1.54) is 6.07 Å². The van der Waals surface area contributed by atoms with E-state index in [0.717, 1.165) is 18.5 Å². The second-order valence-corrected chi connectivity index (χ2v) is 7.98. The van der Waals surface area contributed by atoms with Gasteiger partial charge in [-0.1, -0.05) is 6.07 Å². The Kier molecular flexibility index (Phi) is 5.19. The molecule has 1 aliphatic heterocycles. The molecule has 3 N–H and O–H groups in total. The highest BCUT2D eigenvalue weighted by Crippen LogP contribution is 2.38. The van der Waals surface area contributed by atoms with Crippen LogP contribution >= 0.6 is 0 Å². The lowest BCUT2D eigenvalue weighted by molar-refractivity contribution is -0.384. The Balaban J connectivity index is 1.53. The summed E-state index contributed by atoms with van der Waals surface area (Å²) in [6, 6.07) is 10.1. The summed E-state index contributed by atoms with van der Waals surface area (Å²) in [6.45, 7) is 3.20. The number of nitrogens with two attached hydrogens (primary N) is 1. The van der Waals surface area contributed by atoms with Gasteiger partial charge in [0.1, 0.15) is 5.69 Å². The number of anilines is 1. The average Bonchev–Trinajstić information content (AvgIpc) is 3.30. The number of nitrogens with zero attached hydrogens (tertiary/aromatic N) is 3. The number of aromatic nitrogens is 1. The lowest BCUT2D eigenvalue weighted by Crippen LogP contribution is -2.33. The predicted octanol–water partition coefficient (Wildman–Crippen LogP) is 2.97. The molecule has 1 aromatic heterocycles. The van der Waals surface area contributed by atoms with Crippen LogP contribution < -0.4 is 11.1 Å². The Morgan fingerprint density at radius 2 is 2.14 bits per heavy atom. The number of rotatable bonds is 5. The van der Waals surface area contributed by atoms with Gasteiger partial charge in [-0.15, -0.1) is 0 Å². The number of fused-ring (bicyclic) bond motifs is 1. The molecule has 2 heterocycles. The molecular formula is C21H25N5O3. The van der Waals surface area contributed by atoms with E-state index < -0.39 is 4.92 Å². The fraction of sp³-hybridized carbons (Fsp3) is 0.429. The first-order valence-corrected chi connectivity index (χ1v) is 9.95. The number of carbonyl (C=O) groups is 1. The second-order valence-electron chi connectivity index (χ2n) is 7.98. The number of benzene rings is 1. The first-order chi connectivity index (χ1) is 13.9. The predicted molar refractivity (Wildman–Crippen MR) is 109 cm³/mol. The third-order valence-corrected chi connectivity index (χ3v) is 6.14. The van der Waals surface area contributed by atoms with Crippen LogP contribution in [0.15, 0.2) is 42.6 Å². The highest BCUT2D eigenvalue weighted by molar-refractivity contribution is 5.96. The zero-order chi connectivity index (χ0) is 20.5. The van der Waals surface area contributed by atoms with Crippen LogP contribution in [0.4, 0.5) is 11.4 Å². The Morgan fingerprint density at radius 3 is 2.83 bits per heavy atom. The van der Waals surface area contributed by atoms with E-state index >= 15 is 0 Å². The molecule has 29 heavy (non-hydrogen) atoms. The van der Waals surface area contributed by atoms with Crippen molar-refractivity contribution in [2.45, 2.75) is 31.8 Å². The molecule has 2 aliphatic rings. The monoisotopic (exact) mass is 395 g/mol. The van der Waals surface area contributed by atoms with Crippen molar-refractivity contribution >= 4 is 17.3 Å². The molecule has 152 valence electrons. The maximum Gasteiger partial charge on any atom is 0.293 e. The van der Waals surface area contributed by atoms with Gasteiger partial charge in [0.25, 0.3) is 11.6 Å². The number of amides is 1. The fourth-order valence-electron chi connectivity index (χ4n) is 4.53. The number of hydrogen-bond donors (Lipinski definition) is 2. The number of nitrogens with one attached hydrogen (secondary N) is 1. The molecule has 0 bridgehead atoms. The lowest BCUT2D eigenvalue weighted by Gasteiger charge is -2.19. The molecule has 1 saturated carbocycles. The Labute approximate surface area is 169 Å². The minimum atomic E-state index is -0.459. The standard InChI is InChI=1S/C21H25N5O3/c1-13(18-4-2-3-9-23-18)24-19-8-6-14(10-20(19)26(28)29)21(27)25-11-15-5-7-17(22)16(15)12-25/h2-4,6,8-10,13,15-17,24H,5,7,11-12,22H2,1H3. The summed E-state index contributed by atoms with van der Waals surface area (Å²) < 4.78 is 0. The van der Waals surface area contributed by atoms with Gasteiger partial charge < -0.3 is 16.0 Å². The molecule has 2 fully saturated rings. The Bertz CT molecular complexity index is 920. The molecule has 1 saturated heterocycles. The topological polar surface area (TPSA) is 114 Å². The van der Waals surface area contributed by atoms with Gasteiger partial charge in [0, 0.05) is 37.0 Å². The van der Waals surface area contributed by atoms with Crippen LogP contribution in [0.2, 0.25) is 0 Å². The summed E-state index contributed by atoms with van der Waals surface area (Å²) in [4.78, 5) is 30.2. The van der Waals surface area contributed by atoms with Gasteiger partial charge >= 0.3 is 0 Å². The molecule has 4 unspecified atom stereocenters. The number of nitro groups is 1. The largest absolute Gasteiger partial charge is 0.371 e. The van der Waals surface area contributed by atoms with Crippen molar-refractivity contribution in [1.82, 2.24) is 9.88 Å². The maximum absolute atomic E-state index is 12.9. The minimum absolute atomic E-state index is 0.116. The van der Waals surface area contributed by atoms with Crippen LogP contribution in [-0.4, -0.2) is 39.8 Å². The van der Waals surface area contributed by atoms with E-state index in [1.54, 1.807) is 23.2 Å². The number of carbonyl (C=O) groups excluding carboxylic acids is 1. The van der Waals surface area contributed by atoms with Gasteiger partial charge in [0.05, 0.1) is 16.7 Å². The molecule has 1 amide bonds. The summed E-state index contributed by atoms with van der Waals surface area (Å²) in [7, 11) is 0. The molecular weight excluding hydrogens is 370 g/mol. The van der Waals surface area contributed by atoms with Crippen molar-refractivity contribution in [3.05, 3.63) is 64.0 Å². The van der Waals surface area contributed by atoms with Crippen molar-refractivity contribution < 1.29 is 9.72 Å². The smallest absolute Gasteiger partial charge is 0.293 e. The van der Waals surface area contributed by atoms with E-state index in [9.17, 15) is 14.9 Å². The Hall–Kier alpha value is -3.00. The van der Waals surface area contributed by atoms with Gasteiger partial charge in [-0.25, -0.2) is 0 Å². The fourth-order valence-corrected chi connectivity index (χ4v) is 4.53. The van der Waals surface area contributed by atoms with E-state index in [-0.39, 0.29) is 23.7 Å². The van der Waals surface area contributed by atoms with Crippen molar-refractivity contribution in [1.29, 1.82) is 0 Å². The van der Waals surface area contributed by atoms with Gasteiger partial charge in [0.2, 0.25) is 0 Å². The molecule has 0 spiro atoms. The van der Waals surface area contributed by atoms with Crippen LogP contribution in [0.3, 0.4) is 0 Å². The first kappa shape index (κ1) is 19.3. The molecule has 8 nitrogen and oxygen atoms in total. The molecule has 1 aliphatic carbocycles. The van der Waals surface area contributed by atoms with E-state index in [0.29, 0.717) is 36.2 Å². The van der Waals surface area contributed by atoms with Gasteiger partial charge in [0.15, 0.2) is 0 Å². The Morgan fingerprint density at radius 1 is 1.31 bits per heavy atom. The number of likely N-dealkylation sites (tertiary alicyclic amines) is 1. The SMILES string of the molecule is CC(Nc1ccc(C(=O)N2CC3CCC(N)C3C2)cc1[N+](=O)[O-])c1ccccn1. The van der Waals surface area contributed by atoms with E-state index in [2.05, 4.69) is 10.3 Å². The summed E-state index contributed by atoms with van der Waals surface area (Å²) in [6.07, 6.45) is 3.74. The molecule has 1 aromatic carbocycles. The van der Waals surface area contributed by atoms with Crippen molar-refractivity contribution in [2.75, 3.05) is 18.4 Å². The highest BCUT2D eigenvalue weighted by Gasteiger charge is 2.42. The molecule has 8 heteroatoms. The van der Waals surface area contributed by atoms with Crippen LogP contribution in [-0.2, 0) is 0 Å². The summed E-state index contributed by atoms with van der Waals surface area (Å²) in [5, 5.41) is 14.8. The highest BCUT2D eigenvalue weighted by atomic mass is 16.6. The third kappa shape index (κ3) is 3.80. The van der Waals surface area contributed by atoms with E-state index in [1.807, 2.05) is 25.1 Å². The summed E-state index contributed by atoms with van der Waals surface area (Å²) >= 11 is 0. The number of nitro benzene ring substituents is 1. The van der Waals surface area contributed by atoms with Crippen molar-refractivity contribution in [3.8, 4) is 0 Å². The van der Waals surface area contributed by atoms with Gasteiger partial charge in [-0.05, 0) is 55.9 Å². The zero-order valence-corrected chi connectivity index (χ0v) is 16.3. The molecule has 4 atom stereocenters. The number of pyridine rings is 1. The number of hydrogen-bond acceptors (Lipinski definition) is 6. The van der Waals surface area contributed by atoms with Crippen LogP contribution in [0.1, 0.15) is 41.9 Å². The normalized spacial score (nSPS) is 24.2. The van der Waals surface area contributed by atoms with Crippen molar-refractivity contribution in [2.24, 2.45) is 17.6 Å². The van der Waals surface area contributed by atoms with Gasteiger partial charge in [-0.3, -0.25) is 19.9 Å². The zero-order valence-electron chi connectivity index (χ0n) is 16.3. The van der Waals surface area contributed by atoms with Crippen molar-refractivity contribution in [3.63, 3.8) is 0 Å². The maximum atomic E-state index is 12.9. The lowest BCUT2D eigenvalue weighted by atomic mass is 9.98. The molecule has 0 radical (unpaired) electrons. The summed E-state index contributed by atoms with van der Waals surface area (Å²) in [5.41, 5.74) is 7.52. The molecule has 2 aromatic rings. The van der Waals surface area contributed by atoms with Crippen LogP contribution in [0.25, 0.3) is 0 Å². The van der Waals surface area contributed by atoms with Crippen LogP contribution in [0, 0.1) is 22.0 Å². The second kappa shape index (κ2) is 7.79. The van der Waals surface area contributed by atoms with Gasteiger partial charge in [-0.2, -0.15) is 0 Å². The quantitative estimate of drug-likeness (QED) is 0.594. The third-order valence-electron chi connectivity index (χ3n) is 6.14. The molecule has 4 rings (SSSR count). The average molecular weight is 395 g/mol. The first-order valence-electron chi connectivity index (χ1n) is 9.95. The van der Waals surface area contributed by atoms with Crippen LogP contribution in [0.5, 0.6) is 0 Å². The summed E-state index contributed by atoms with van der Waals surface area (Å²) in [5.74, 6) is 0.622. The minimum Gasteiger partial charge on any atom is -0.371 e.